The molecule has 2 aliphatic heterocycles. The topological polar surface area (TPSA) is 51.1 Å². The number of amides is 1. The summed E-state index contributed by atoms with van der Waals surface area (Å²) >= 11 is 1.96. The molecule has 1 amide bonds. The third-order valence-corrected chi connectivity index (χ3v) is 12.0. The first-order valence-corrected chi connectivity index (χ1v) is 15.6. The molecule has 34 heavy (non-hydrogen) atoms. The van der Waals surface area contributed by atoms with Crippen LogP contribution in [0.25, 0.3) is 0 Å². The monoisotopic (exact) mass is 485 g/mol. The molecule has 3 heterocycles. The van der Waals surface area contributed by atoms with Crippen LogP contribution in [0.15, 0.2) is 0 Å². The van der Waals surface area contributed by atoms with E-state index < -0.39 is 0 Å². The van der Waals surface area contributed by atoms with Crippen molar-refractivity contribution in [3.63, 3.8) is 0 Å². The van der Waals surface area contributed by atoms with E-state index in [9.17, 15) is 4.79 Å². The van der Waals surface area contributed by atoms with Gasteiger partial charge in [-0.1, -0.05) is 62.7 Å². The zero-order valence-electron chi connectivity index (χ0n) is 21.5. The van der Waals surface area contributed by atoms with E-state index in [1.807, 2.05) is 11.3 Å². The van der Waals surface area contributed by atoms with Gasteiger partial charge in [0.2, 0.25) is 10.9 Å². The number of fused-ring (bicyclic) bond motifs is 2. The first-order valence-electron chi connectivity index (χ1n) is 14.8. The molecule has 2 saturated carbocycles. The lowest BCUT2D eigenvalue weighted by Gasteiger charge is -2.48. The molecular formula is C29H47N3OS+2. The Morgan fingerprint density at radius 2 is 1.71 bits per heavy atom. The standard InChI is InChI=1S/C29H45N3OS/c1-20-31-25-13-8-15-29(27(25)34-20)19-30-18-24(29)28(33)32-16-14-23(21-9-4-2-5-10-21)17-26(32)22-11-6-3-7-12-22/h21-24,26,30H,2-19H2,1H3/p+2/t23-,24+,26+,29-/m1/s1. The number of likely N-dealkylation sites (tertiary alicyclic amines) is 1. The number of quaternary nitrogens is 1. The number of nitrogens with one attached hydrogen (secondary N) is 1. The van der Waals surface area contributed by atoms with E-state index in [1.54, 1.807) is 0 Å². The smallest absolute Gasteiger partial charge is 0.232 e. The summed E-state index contributed by atoms with van der Waals surface area (Å²) in [6.45, 7) is 5.35. The maximum absolute atomic E-state index is 14.5. The highest BCUT2D eigenvalue weighted by molar-refractivity contribution is 7.11. The molecular weight excluding hydrogens is 438 g/mol. The number of hydrogen-bond acceptors (Lipinski definition) is 2. The average molecular weight is 486 g/mol. The summed E-state index contributed by atoms with van der Waals surface area (Å²) in [5, 5.41) is 3.79. The molecule has 6 rings (SSSR count). The summed E-state index contributed by atoms with van der Waals surface area (Å²) in [4.78, 5) is 22.2. The van der Waals surface area contributed by atoms with Crippen molar-refractivity contribution in [1.29, 1.82) is 0 Å². The quantitative estimate of drug-likeness (QED) is 0.678. The number of aryl methyl sites for hydroxylation is 2. The van der Waals surface area contributed by atoms with Gasteiger partial charge < -0.3 is 10.2 Å². The van der Waals surface area contributed by atoms with Crippen molar-refractivity contribution in [1.82, 2.24) is 4.90 Å². The highest BCUT2D eigenvalue weighted by Crippen LogP contribution is 2.48. The van der Waals surface area contributed by atoms with E-state index in [0.717, 1.165) is 37.4 Å². The first-order chi connectivity index (χ1) is 16.7. The molecule has 0 radical (unpaired) electrons. The van der Waals surface area contributed by atoms with Gasteiger partial charge in [0.25, 0.3) is 0 Å². The molecule has 1 aromatic heterocycles. The molecule has 188 valence electrons. The minimum Gasteiger partial charge on any atom is -0.345 e. The van der Waals surface area contributed by atoms with Gasteiger partial charge in [0.05, 0.1) is 23.4 Å². The van der Waals surface area contributed by atoms with Crippen LogP contribution in [0.4, 0.5) is 0 Å². The number of rotatable bonds is 3. The van der Waals surface area contributed by atoms with Crippen LogP contribution in [0.1, 0.15) is 105 Å². The predicted molar refractivity (Wildman–Crippen MR) is 137 cm³/mol. The van der Waals surface area contributed by atoms with Crippen LogP contribution in [0.3, 0.4) is 0 Å². The molecule has 3 aliphatic carbocycles. The third kappa shape index (κ3) is 4.17. The van der Waals surface area contributed by atoms with Crippen LogP contribution < -0.4 is 10.3 Å². The van der Waals surface area contributed by atoms with Gasteiger partial charge >= 0.3 is 0 Å². The van der Waals surface area contributed by atoms with Crippen molar-refractivity contribution in [2.24, 2.45) is 23.7 Å². The minimum absolute atomic E-state index is 0.0808. The van der Waals surface area contributed by atoms with E-state index in [1.165, 1.54) is 112 Å². The van der Waals surface area contributed by atoms with Crippen molar-refractivity contribution in [2.75, 3.05) is 19.6 Å². The molecule has 0 unspecified atom stereocenters. The summed E-state index contributed by atoms with van der Waals surface area (Å²) in [6, 6.07) is 0.519. The number of nitrogens with two attached hydrogens (primary N) is 1. The van der Waals surface area contributed by atoms with Crippen molar-refractivity contribution in [2.45, 2.75) is 115 Å². The predicted octanol–water partition coefficient (Wildman–Crippen LogP) is 4.41. The number of carbonyl (C=O) groups is 1. The lowest BCUT2D eigenvalue weighted by molar-refractivity contribution is -0.640. The molecule has 1 spiro atoms. The number of nitrogens with zero attached hydrogens (tertiary/aromatic N) is 1. The average Bonchev–Trinajstić information content (AvgIpc) is 3.48. The van der Waals surface area contributed by atoms with Crippen LogP contribution in [0, 0.1) is 30.6 Å². The maximum Gasteiger partial charge on any atom is 0.232 e. The second kappa shape index (κ2) is 9.84. The van der Waals surface area contributed by atoms with E-state index in [0.29, 0.717) is 11.9 Å². The van der Waals surface area contributed by atoms with Crippen molar-refractivity contribution in [3.8, 4) is 0 Å². The summed E-state index contributed by atoms with van der Waals surface area (Å²) in [5.41, 5.74) is 1.53. The largest absolute Gasteiger partial charge is 0.345 e. The van der Waals surface area contributed by atoms with Crippen LogP contribution in [-0.2, 0) is 16.6 Å². The van der Waals surface area contributed by atoms with Gasteiger partial charge in [0, 0.05) is 25.9 Å². The highest BCUT2D eigenvalue weighted by Gasteiger charge is 2.57. The van der Waals surface area contributed by atoms with Crippen LogP contribution in [-0.4, -0.2) is 36.5 Å². The molecule has 4 nitrogen and oxygen atoms in total. The number of carbonyl (C=O) groups excluding carboxylic acids is 1. The molecule has 4 atom stereocenters. The Balaban J connectivity index is 1.27. The zero-order chi connectivity index (χ0) is 23.1. The zero-order valence-corrected chi connectivity index (χ0v) is 22.3. The second-order valence-electron chi connectivity index (χ2n) is 12.6. The van der Waals surface area contributed by atoms with Crippen molar-refractivity contribution in [3.05, 3.63) is 15.6 Å². The Morgan fingerprint density at radius 1 is 0.971 bits per heavy atom. The van der Waals surface area contributed by atoms with Crippen LogP contribution in [0.2, 0.25) is 0 Å². The number of thiazole rings is 1. The molecule has 5 aliphatic rings. The first kappa shape index (κ1) is 23.5. The molecule has 0 bridgehead atoms. The normalized spacial score (nSPS) is 35.6. The van der Waals surface area contributed by atoms with Crippen molar-refractivity contribution < 1.29 is 15.1 Å². The number of hydrogen-bond donors (Lipinski definition) is 1. The summed E-state index contributed by atoms with van der Waals surface area (Å²) in [6.07, 6.45) is 20.3. The fourth-order valence-electron chi connectivity index (χ4n) is 9.02. The fraction of sp³-hybridized carbons (Fsp3) is 0.862. The summed E-state index contributed by atoms with van der Waals surface area (Å²) in [5.74, 6) is 3.27. The maximum atomic E-state index is 14.5. The van der Waals surface area contributed by atoms with Gasteiger partial charge in [0.15, 0.2) is 5.69 Å². The van der Waals surface area contributed by atoms with Crippen molar-refractivity contribution >= 4 is 17.2 Å². The Bertz CT molecular complexity index is 871. The van der Waals surface area contributed by atoms with E-state index in [2.05, 4.69) is 22.1 Å². The van der Waals surface area contributed by atoms with E-state index >= 15 is 0 Å². The summed E-state index contributed by atoms with van der Waals surface area (Å²) < 4.78 is 0. The molecule has 4 fully saturated rings. The van der Waals surface area contributed by atoms with Gasteiger partial charge in [-0.25, -0.2) is 4.98 Å². The van der Waals surface area contributed by atoms with Gasteiger partial charge in [-0.2, -0.15) is 0 Å². The Morgan fingerprint density at radius 3 is 2.47 bits per heavy atom. The van der Waals surface area contributed by atoms with Crippen LogP contribution >= 0.6 is 11.3 Å². The second-order valence-corrected chi connectivity index (χ2v) is 13.8. The molecule has 0 aromatic carbocycles. The van der Waals surface area contributed by atoms with Gasteiger partial charge in [-0.3, -0.25) is 4.79 Å². The van der Waals surface area contributed by atoms with Crippen LogP contribution in [0.5, 0.6) is 0 Å². The third-order valence-electron chi connectivity index (χ3n) is 10.7. The number of piperidine rings is 1. The number of aromatic amines is 1. The molecule has 3 N–H and O–H groups in total. The van der Waals surface area contributed by atoms with Gasteiger partial charge in [-0.15, -0.1) is 0 Å². The Kier molecular flexibility index (Phi) is 6.79. The molecule has 5 heteroatoms. The highest BCUT2D eigenvalue weighted by atomic mass is 32.1. The molecule has 2 saturated heterocycles. The lowest BCUT2D eigenvalue weighted by atomic mass is 9.67. The SMILES string of the molecule is Cc1[nH+]c2c(s1)[C@]1(CCC2)C[NH2+]C[C@H]1C(=O)N1CC[C@@H](C2CCCCC2)C[C@H]1C1CCCCC1. The summed E-state index contributed by atoms with van der Waals surface area (Å²) in [7, 11) is 0. The van der Waals surface area contributed by atoms with E-state index in [-0.39, 0.29) is 11.3 Å². The fourth-order valence-corrected chi connectivity index (χ4v) is 10.3. The number of aromatic nitrogens is 1. The van der Waals surface area contributed by atoms with Gasteiger partial charge in [0.1, 0.15) is 5.92 Å². The molecule has 1 aromatic rings. The Labute approximate surface area is 210 Å². The lowest BCUT2D eigenvalue weighted by Crippen LogP contribution is -2.82. The number of H-pyrrole nitrogens is 1. The minimum atomic E-state index is 0.0808. The van der Waals surface area contributed by atoms with Gasteiger partial charge in [-0.05, 0) is 56.3 Å². The Hall–Kier alpha value is -0.940. The van der Waals surface area contributed by atoms with E-state index in [4.69, 9.17) is 0 Å².